The fourth-order valence-electron chi connectivity index (χ4n) is 1.99. The number of hydrogen-bond acceptors (Lipinski definition) is 0. The van der Waals surface area contributed by atoms with Crippen LogP contribution in [0.4, 0.5) is 8.78 Å². The summed E-state index contributed by atoms with van der Waals surface area (Å²) in [4.78, 5) is 0. The van der Waals surface area contributed by atoms with Crippen LogP contribution in [0, 0.1) is 11.6 Å². The molecule has 3 heteroatoms. The van der Waals surface area contributed by atoms with Crippen molar-refractivity contribution in [2.24, 2.45) is 0 Å². The molecule has 0 nitrogen and oxygen atoms in total. The molecule has 0 heterocycles. The van der Waals surface area contributed by atoms with Crippen molar-refractivity contribution in [3.8, 4) is 0 Å². The Labute approximate surface area is 120 Å². The summed E-state index contributed by atoms with van der Waals surface area (Å²) in [7, 11) is 0. The van der Waals surface area contributed by atoms with E-state index in [1.165, 1.54) is 21.7 Å². The standard InChI is InChI=1S/2C6H4F.C4H9.Sb/c2*7-6-4-2-1-3-5-6;1-3-4-2;/h2-5H;1-2,4-5H;1,3-4H2,2H3;. The van der Waals surface area contributed by atoms with Crippen LogP contribution in [0.25, 0.3) is 0 Å². The van der Waals surface area contributed by atoms with Crippen molar-refractivity contribution in [3.63, 3.8) is 0 Å². The van der Waals surface area contributed by atoms with Crippen LogP contribution in [0.3, 0.4) is 0 Å². The molecular formula is C16H17F2Sb. The number of benzene rings is 2. The quantitative estimate of drug-likeness (QED) is 0.710. The second kappa shape index (κ2) is 7.05. The number of rotatable bonds is 5. The van der Waals surface area contributed by atoms with E-state index in [0.29, 0.717) is 0 Å². The maximum atomic E-state index is 13.4. The van der Waals surface area contributed by atoms with Crippen molar-refractivity contribution >= 4 is 27.2 Å². The molecule has 0 aromatic heterocycles. The van der Waals surface area contributed by atoms with E-state index in [2.05, 4.69) is 6.92 Å². The van der Waals surface area contributed by atoms with E-state index in [4.69, 9.17) is 0 Å². The minimum atomic E-state index is -1.92. The zero-order valence-electron chi connectivity index (χ0n) is 10.9. The van der Waals surface area contributed by atoms with Crippen molar-refractivity contribution < 1.29 is 8.78 Å². The van der Waals surface area contributed by atoms with Crippen molar-refractivity contribution in [1.29, 1.82) is 0 Å². The maximum absolute atomic E-state index is 13.4. The zero-order chi connectivity index (χ0) is 13.7. The third kappa shape index (κ3) is 4.04. The Morgan fingerprint density at radius 1 is 0.895 bits per heavy atom. The summed E-state index contributed by atoms with van der Waals surface area (Å²) in [5.41, 5.74) is 0. The average Bonchev–Trinajstić information content (AvgIpc) is 2.41. The van der Waals surface area contributed by atoms with Gasteiger partial charge in [0.25, 0.3) is 0 Å². The molecule has 100 valence electrons. The molecule has 19 heavy (non-hydrogen) atoms. The summed E-state index contributed by atoms with van der Waals surface area (Å²) < 4.78 is 29.9. The van der Waals surface area contributed by atoms with Gasteiger partial charge in [0.2, 0.25) is 0 Å². The fourth-order valence-corrected chi connectivity index (χ4v) is 9.13. The topological polar surface area (TPSA) is 0 Å². The molecule has 0 fully saturated rings. The summed E-state index contributed by atoms with van der Waals surface area (Å²) in [5, 5.41) is 0. The van der Waals surface area contributed by atoms with Gasteiger partial charge < -0.3 is 0 Å². The van der Waals surface area contributed by atoms with Crippen molar-refractivity contribution in [2.75, 3.05) is 0 Å². The van der Waals surface area contributed by atoms with Gasteiger partial charge >= 0.3 is 120 Å². The Balaban J connectivity index is 2.32. The molecule has 0 aliphatic carbocycles. The van der Waals surface area contributed by atoms with E-state index >= 15 is 0 Å². The normalized spacial score (nSPS) is 10.9. The summed E-state index contributed by atoms with van der Waals surface area (Å²) in [6.07, 6.45) is 2.29. The van der Waals surface area contributed by atoms with E-state index < -0.39 is 20.2 Å². The molecule has 0 spiro atoms. The van der Waals surface area contributed by atoms with Crippen molar-refractivity contribution in [2.45, 2.75) is 24.1 Å². The molecule has 0 atom stereocenters. The second-order valence-corrected chi connectivity index (χ2v) is 11.1. The van der Waals surface area contributed by atoms with Crippen LogP contribution in [-0.2, 0) is 0 Å². The van der Waals surface area contributed by atoms with E-state index in [1.54, 1.807) is 12.1 Å². The first-order valence-corrected chi connectivity index (χ1v) is 10.8. The van der Waals surface area contributed by atoms with Crippen LogP contribution in [0.5, 0.6) is 0 Å². The molecule has 0 amide bonds. The van der Waals surface area contributed by atoms with E-state index in [-0.39, 0.29) is 11.6 Å². The van der Waals surface area contributed by atoms with Crippen molar-refractivity contribution in [3.05, 3.63) is 60.2 Å². The van der Waals surface area contributed by atoms with E-state index in [9.17, 15) is 8.78 Å². The van der Waals surface area contributed by atoms with E-state index in [1.807, 2.05) is 18.2 Å². The first-order valence-electron chi connectivity index (χ1n) is 6.49. The van der Waals surface area contributed by atoms with Crippen LogP contribution in [0.2, 0.25) is 4.37 Å². The fraction of sp³-hybridized carbons (Fsp3) is 0.250. The molecule has 0 bridgehead atoms. The van der Waals surface area contributed by atoms with Crippen LogP contribution in [0.1, 0.15) is 19.8 Å². The monoisotopic (exact) mass is 368 g/mol. The summed E-state index contributed by atoms with van der Waals surface area (Å²) >= 11 is -1.92. The van der Waals surface area contributed by atoms with Gasteiger partial charge in [0.1, 0.15) is 0 Å². The average molecular weight is 369 g/mol. The summed E-state index contributed by atoms with van der Waals surface area (Å²) in [6, 6.07) is 13.7. The van der Waals surface area contributed by atoms with Gasteiger partial charge in [-0.05, 0) is 0 Å². The Hall–Kier alpha value is -0.882. The Morgan fingerprint density at radius 2 is 1.63 bits per heavy atom. The van der Waals surface area contributed by atoms with Gasteiger partial charge in [0, 0.05) is 0 Å². The molecule has 0 radical (unpaired) electrons. The number of halogens is 2. The zero-order valence-corrected chi connectivity index (χ0v) is 13.5. The predicted molar refractivity (Wildman–Crippen MR) is 77.5 cm³/mol. The number of unbranched alkanes of at least 4 members (excludes halogenated alkanes) is 1. The first kappa shape index (κ1) is 14.5. The molecule has 0 saturated carbocycles. The molecule has 0 unspecified atom stereocenters. The van der Waals surface area contributed by atoms with Crippen LogP contribution in [0.15, 0.2) is 48.5 Å². The van der Waals surface area contributed by atoms with Gasteiger partial charge in [-0.15, -0.1) is 0 Å². The van der Waals surface area contributed by atoms with Crippen LogP contribution in [-0.4, -0.2) is 20.2 Å². The molecule has 2 aromatic rings. The molecule has 0 saturated heterocycles. The minimum absolute atomic E-state index is 0.175. The molecular weight excluding hydrogens is 352 g/mol. The van der Waals surface area contributed by atoms with Gasteiger partial charge in [-0.2, -0.15) is 0 Å². The first-order chi connectivity index (χ1) is 9.20. The van der Waals surface area contributed by atoms with Crippen LogP contribution < -0.4 is 7.02 Å². The third-order valence-corrected chi connectivity index (χ3v) is 10.4. The summed E-state index contributed by atoms with van der Waals surface area (Å²) in [5.74, 6) is -0.385. The van der Waals surface area contributed by atoms with Gasteiger partial charge in [0.05, 0.1) is 0 Å². The van der Waals surface area contributed by atoms with Gasteiger partial charge in [-0.25, -0.2) is 0 Å². The molecule has 2 aromatic carbocycles. The summed E-state index contributed by atoms with van der Waals surface area (Å²) in [6.45, 7) is 2.16. The van der Waals surface area contributed by atoms with Crippen LogP contribution >= 0.6 is 0 Å². The predicted octanol–water partition coefficient (Wildman–Crippen LogP) is 3.37. The molecule has 0 aliphatic heterocycles. The second-order valence-electron chi connectivity index (χ2n) is 4.46. The third-order valence-electron chi connectivity index (χ3n) is 2.99. The van der Waals surface area contributed by atoms with Crippen molar-refractivity contribution in [1.82, 2.24) is 0 Å². The van der Waals surface area contributed by atoms with Gasteiger partial charge in [-0.1, -0.05) is 0 Å². The molecule has 0 aliphatic rings. The SMILES string of the molecule is CCC[CH2][Sb]([c]1ccc(F)cc1)[c]1cccc(F)c1. The Kier molecular flexibility index (Phi) is 5.39. The van der Waals surface area contributed by atoms with Gasteiger partial charge in [-0.3, -0.25) is 0 Å². The Morgan fingerprint density at radius 3 is 2.26 bits per heavy atom. The molecule has 0 N–H and O–H groups in total. The molecule has 2 rings (SSSR count). The number of hydrogen-bond donors (Lipinski definition) is 0. The van der Waals surface area contributed by atoms with E-state index in [0.717, 1.165) is 20.7 Å². The Bertz CT molecular complexity index is 523. The van der Waals surface area contributed by atoms with Gasteiger partial charge in [0.15, 0.2) is 0 Å².